The summed E-state index contributed by atoms with van der Waals surface area (Å²) in [7, 11) is 0. The molecule has 4 heterocycles. The second kappa shape index (κ2) is 9.63. The van der Waals surface area contributed by atoms with E-state index in [1.54, 1.807) is 0 Å². The molecule has 8 aliphatic rings. The molecular formula is C34H60O6. The van der Waals surface area contributed by atoms with Crippen LogP contribution in [0.15, 0.2) is 0 Å². The van der Waals surface area contributed by atoms with Gasteiger partial charge in [0, 0.05) is 0 Å². The van der Waals surface area contributed by atoms with Crippen LogP contribution in [0, 0.1) is 45.3 Å². The van der Waals surface area contributed by atoms with Crippen molar-refractivity contribution in [3.63, 3.8) is 0 Å². The molecule has 0 radical (unpaired) electrons. The molecule has 4 saturated heterocycles. The van der Waals surface area contributed by atoms with Crippen LogP contribution in [0.4, 0.5) is 0 Å². The third kappa shape index (κ3) is 4.09. The summed E-state index contributed by atoms with van der Waals surface area (Å²) in [5.41, 5.74) is 1.11. The van der Waals surface area contributed by atoms with Gasteiger partial charge >= 0.3 is 0 Å². The molecule has 0 unspecified atom stereocenters. The van der Waals surface area contributed by atoms with E-state index in [9.17, 15) is 10.2 Å². The molecule has 0 spiro atoms. The number of rotatable bonds is 0. The van der Waals surface area contributed by atoms with Gasteiger partial charge in [-0.15, -0.1) is 0 Å². The highest BCUT2D eigenvalue weighted by atomic mass is 16.5. The van der Waals surface area contributed by atoms with Crippen LogP contribution in [0.1, 0.15) is 131 Å². The number of aliphatic hydroxyl groups is 2. The Labute approximate surface area is 243 Å². The van der Waals surface area contributed by atoms with E-state index in [4.69, 9.17) is 9.47 Å². The molecule has 4 aliphatic carbocycles. The van der Waals surface area contributed by atoms with Crippen LogP contribution in [0.5, 0.6) is 0 Å². The first-order valence-electron chi connectivity index (χ1n) is 16.5. The molecule has 4 aliphatic heterocycles. The molecule has 0 aromatic heterocycles. The Hall–Kier alpha value is -0.240. The number of hydrogen-bond acceptors (Lipinski definition) is 4. The molecule has 232 valence electrons. The predicted octanol–water partition coefficient (Wildman–Crippen LogP) is 5.39. The number of aliphatic hydroxyl groups excluding tert-OH is 2. The van der Waals surface area contributed by atoms with E-state index in [0.29, 0.717) is 12.2 Å². The fourth-order valence-corrected chi connectivity index (χ4v) is 12.6. The summed E-state index contributed by atoms with van der Waals surface area (Å²) in [6.07, 6.45) is 17.6. The summed E-state index contributed by atoms with van der Waals surface area (Å²) in [5.74, 6) is 3.00. The maximum absolute atomic E-state index is 10.8. The lowest BCUT2D eigenvalue weighted by Gasteiger charge is -2.60. The largest absolute Gasteiger partial charge is 0.412 e. The van der Waals surface area contributed by atoms with Gasteiger partial charge in [0.25, 0.3) is 0 Å². The van der Waals surface area contributed by atoms with Crippen molar-refractivity contribution in [3.8, 4) is 0 Å². The van der Waals surface area contributed by atoms with E-state index in [-0.39, 0.29) is 56.0 Å². The smallest absolute Gasteiger partial charge is 0.0662 e. The zero-order valence-electron chi connectivity index (χ0n) is 26.2. The predicted molar refractivity (Wildman–Crippen MR) is 157 cm³/mol. The zero-order valence-corrected chi connectivity index (χ0v) is 26.2. The van der Waals surface area contributed by atoms with E-state index in [1.807, 2.05) is 0 Å². The lowest BCUT2D eigenvalue weighted by Crippen LogP contribution is -2.60. The van der Waals surface area contributed by atoms with Crippen LogP contribution in [-0.2, 0) is 9.47 Å². The van der Waals surface area contributed by atoms with Gasteiger partial charge in [-0.05, 0) is 136 Å². The summed E-state index contributed by atoms with van der Waals surface area (Å²) in [6, 6.07) is 0. The molecule has 8 fully saturated rings. The first-order chi connectivity index (χ1) is 17.7. The quantitative estimate of drug-likeness (QED) is 0.409. The van der Waals surface area contributed by atoms with E-state index < -0.39 is 0 Å². The Balaban J connectivity index is 0.000000154. The van der Waals surface area contributed by atoms with Gasteiger partial charge in [-0.25, -0.2) is 0 Å². The molecule has 6 heteroatoms. The van der Waals surface area contributed by atoms with E-state index >= 15 is 0 Å². The van der Waals surface area contributed by atoms with Crippen LogP contribution >= 0.6 is 0 Å². The molecule has 40 heavy (non-hydrogen) atoms. The fourth-order valence-electron chi connectivity index (χ4n) is 12.6. The Morgan fingerprint density at radius 1 is 0.475 bits per heavy atom. The Kier molecular flexibility index (Phi) is 7.51. The van der Waals surface area contributed by atoms with Gasteiger partial charge in [-0.1, -0.05) is 40.5 Å². The minimum absolute atomic E-state index is 0. The highest BCUT2D eigenvalue weighted by molar-refractivity contribution is 5.15. The van der Waals surface area contributed by atoms with Crippen molar-refractivity contribution < 1.29 is 30.6 Å². The topological polar surface area (TPSA) is 122 Å². The van der Waals surface area contributed by atoms with Crippen molar-refractivity contribution in [2.24, 2.45) is 45.3 Å². The first-order valence-corrected chi connectivity index (χ1v) is 16.5. The molecule has 6 N–H and O–H groups in total. The lowest BCUT2D eigenvalue weighted by atomic mass is 9.50. The molecule has 4 saturated carbocycles. The average molecular weight is 565 g/mol. The second-order valence-corrected chi connectivity index (χ2v) is 17.3. The van der Waals surface area contributed by atoms with Gasteiger partial charge in [-0.2, -0.15) is 0 Å². The number of hydrogen-bond donors (Lipinski definition) is 2. The monoisotopic (exact) mass is 564 g/mol. The third-order valence-corrected chi connectivity index (χ3v) is 15.1. The van der Waals surface area contributed by atoms with Crippen molar-refractivity contribution in [1.82, 2.24) is 0 Å². The summed E-state index contributed by atoms with van der Waals surface area (Å²) in [5, 5.41) is 21.6. The summed E-state index contributed by atoms with van der Waals surface area (Å²) in [4.78, 5) is 0. The average Bonchev–Trinajstić information content (AvgIpc) is 3.60. The lowest BCUT2D eigenvalue weighted by molar-refractivity contribution is -0.224. The van der Waals surface area contributed by atoms with Crippen molar-refractivity contribution in [2.45, 2.75) is 167 Å². The summed E-state index contributed by atoms with van der Waals surface area (Å²) in [6.45, 7) is 14.2. The molecule has 14 atom stereocenters. The zero-order chi connectivity index (χ0) is 26.9. The minimum atomic E-state index is -0.116. The molecule has 6 nitrogen and oxygen atoms in total. The van der Waals surface area contributed by atoms with Gasteiger partial charge in [-0.3, -0.25) is 0 Å². The van der Waals surface area contributed by atoms with Gasteiger partial charge in [0.2, 0.25) is 0 Å². The number of fused-ring (bicyclic) bond motifs is 12. The Morgan fingerprint density at radius 3 is 1.23 bits per heavy atom. The van der Waals surface area contributed by atoms with Gasteiger partial charge in [0.05, 0.1) is 35.6 Å². The fraction of sp³-hybridized carbons (Fsp3) is 1.00. The molecule has 0 aromatic carbocycles. The Morgan fingerprint density at radius 2 is 0.850 bits per heavy atom. The van der Waals surface area contributed by atoms with Crippen molar-refractivity contribution >= 4 is 0 Å². The number of ether oxygens (including phenoxy) is 2. The minimum Gasteiger partial charge on any atom is -0.412 e. The van der Waals surface area contributed by atoms with Crippen LogP contribution in [0.25, 0.3) is 0 Å². The molecule has 8 rings (SSSR count). The highest BCUT2D eigenvalue weighted by Crippen LogP contribution is 2.68. The molecule has 4 bridgehead atoms. The first kappa shape index (κ1) is 31.2. The van der Waals surface area contributed by atoms with E-state index in [0.717, 1.165) is 36.5 Å². The third-order valence-electron chi connectivity index (χ3n) is 15.1. The van der Waals surface area contributed by atoms with E-state index in [2.05, 4.69) is 41.5 Å². The summed E-state index contributed by atoms with van der Waals surface area (Å²) < 4.78 is 12.8. The SMILES string of the molecule is C[C@@]12CC[C@@H](O1)[C@@]1(C)C[C@@H](O)[C@@]3(C)CCC[C@H]3[C@H]1C2.C[C@]12CC[C@H](O1)[C@]1(C)C[C@H](O)[C@]3(C)CCC[C@@H]3[C@@H]1C2.O.O. The second-order valence-electron chi connectivity index (χ2n) is 17.3. The standard InChI is InChI=1S/2C17H28O2.2H2O/c2*1-15-8-6-14(19-15)17(3)10-13(18)16(2)7-4-5-11(16)12(17)9-15;;/h2*11-14,18H,4-10H2,1-3H3;2*1H2/t2*11-,12+,13+,14+,15-,16-,17-;;/m10../s1. The van der Waals surface area contributed by atoms with Gasteiger partial charge in [0.1, 0.15) is 0 Å². The van der Waals surface area contributed by atoms with Crippen molar-refractivity contribution in [3.05, 3.63) is 0 Å². The molecular weight excluding hydrogens is 504 g/mol. The Bertz CT molecular complexity index is 898. The van der Waals surface area contributed by atoms with Crippen LogP contribution < -0.4 is 0 Å². The van der Waals surface area contributed by atoms with Crippen LogP contribution in [-0.4, -0.2) is 56.8 Å². The maximum atomic E-state index is 10.8. The molecule has 0 amide bonds. The van der Waals surface area contributed by atoms with Gasteiger partial charge < -0.3 is 30.6 Å². The van der Waals surface area contributed by atoms with Crippen molar-refractivity contribution in [1.29, 1.82) is 0 Å². The van der Waals surface area contributed by atoms with Crippen LogP contribution in [0.3, 0.4) is 0 Å². The van der Waals surface area contributed by atoms with Crippen LogP contribution in [0.2, 0.25) is 0 Å². The normalized spacial score (nSPS) is 60.6. The van der Waals surface area contributed by atoms with Crippen molar-refractivity contribution in [2.75, 3.05) is 0 Å². The highest BCUT2D eigenvalue weighted by Gasteiger charge is 2.66. The van der Waals surface area contributed by atoms with Gasteiger partial charge in [0.15, 0.2) is 0 Å². The van der Waals surface area contributed by atoms with E-state index in [1.165, 1.54) is 77.0 Å². The molecule has 0 aromatic rings. The summed E-state index contributed by atoms with van der Waals surface area (Å²) >= 11 is 0. The maximum Gasteiger partial charge on any atom is 0.0662 e.